The number of ether oxygens (including phenoxy) is 2. The standard InChI is InChI=1S/C35H34BrN3O6/c1-44-32-21-23(11-17-30(32)38-35(43)37-29-10-6-5-9-28(29)36)22-33(40)39-26(14-18-31(39)24-7-3-2-4-8-24)19-20-45-27-15-12-25(13-16-27)34(41)42/h2-13,15-17,21,26,31H,14,18-20,22H2,1H3,(H,41,42)(H2,37,38,43)/t26-,31+/m0/s1. The van der Waals surface area contributed by atoms with E-state index in [9.17, 15) is 14.4 Å². The zero-order chi connectivity index (χ0) is 31.8. The van der Waals surface area contributed by atoms with Crippen molar-refractivity contribution in [3.8, 4) is 11.5 Å². The summed E-state index contributed by atoms with van der Waals surface area (Å²) in [6.07, 6.45) is 2.48. The zero-order valence-electron chi connectivity index (χ0n) is 24.7. The second-order valence-corrected chi connectivity index (χ2v) is 11.6. The van der Waals surface area contributed by atoms with Gasteiger partial charge in [-0.25, -0.2) is 9.59 Å². The smallest absolute Gasteiger partial charge is 0.335 e. The molecule has 4 aromatic rings. The molecule has 45 heavy (non-hydrogen) atoms. The van der Waals surface area contributed by atoms with Crippen LogP contribution in [0.1, 0.15) is 46.8 Å². The molecule has 232 valence electrons. The van der Waals surface area contributed by atoms with Gasteiger partial charge in [-0.15, -0.1) is 0 Å². The number of para-hydroxylation sites is 1. The van der Waals surface area contributed by atoms with Gasteiger partial charge in [0.15, 0.2) is 0 Å². The van der Waals surface area contributed by atoms with Gasteiger partial charge in [-0.2, -0.15) is 0 Å². The summed E-state index contributed by atoms with van der Waals surface area (Å²) in [5.74, 6) is 0.0366. The number of nitrogens with one attached hydrogen (secondary N) is 2. The Morgan fingerprint density at radius 2 is 1.60 bits per heavy atom. The molecule has 0 spiro atoms. The fraction of sp³-hybridized carbons (Fsp3) is 0.229. The lowest BCUT2D eigenvalue weighted by Gasteiger charge is -2.31. The Labute approximate surface area is 270 Å². The Bertz CT molecular complexity index is 1650. The van der Waals surface area contributed by atoms with Crippen LogP contribution in [0.25, 0.3) is 0 Å². The van der Waals surface area contributed by atoms with E-state index in [4.69, 9.17) is 14.6 Å². The van der Waals surface area contributed by atoms with E-state index in [-0.39, 0.29) is 30.0 Å². The third-order valence-corrected chi connectivity index (χ3v) is 8.48. The number of carboxylic acid groups (broad SMARTS) is 1. The van der Waals surface area contributed by atoms with Crippen molar-refractivity contribution in [3.63, 3.8) is 0 Å². The van der Waals surface area contributed by atoms with Crippen molar-refractivity contribution >= 4 is 45.2 Å². The van der Waals surface area contributed by atoms with Crippen molar-refractivity contribution in [1.29, 1.82) is 0 Å². The number of aromatic carboxylic acids is 1. The van der Waals surface area contributed by atoms with Gasteiger partial charge in [0.25, 0.3) is 0 Å². The van der Waals surface area contributed by atoms with Gasteiger partial charge < -0.3 is 30.1 Å². The average molecular weight is 673 g/mol. The molecule has 4 aromatic carbocycles. The first-order chi connectivity index (χ1) is 21.8. The van der Waals surface area contributed by atoms with Crippen molar-refractivity contribution in [2.45, 2.75) is 37.8 Å². The number of hydrogen-bond donors (Lipinski definition) is 3. The number of amides is 3. The average Bonchev–Trinajstić information content (AvgIpc) is 3.47. The molecule has 3 N–H and O–H groups in total. The quantitative estimate of drug-likeness (QED) is 0.152. The molecule has 0 bridgehead atoms. The van der Waals surface area contributed by atoms with Crippen molar-refractivity contribution in [1.82, 2.24) is 4.90 Å². The number of halogens is 1. The van der Waals surface area contributed by atoms with Gasteiger partial charge in [0.2, 0.25) is 5.91 Å². The van der Waals surface area contributed by atoms with Crippen molar-refractivity contribution in [2.75, 3.05) is 24.4 Å². The molecule has 1 heterocycles. The topological polar surface area (TPSA) is 117 Å². The lowest BCUT2D eigenvalue weighted by molar-refractivity contribution is -0.133. The van der Waals surface area contributed by atoms with Crippen LogP contribution < -0.4 is 20.1 Å². The molecule has 1 saturated heterocycles. The molecular weight excluding hydrogens is 638 g/mol. The van der Waals surface area contributed by atoms with Gasteiger partial charge in [0.1, 0.15) is 11.5 Å². The summed E-state index contributed by atoms with van der Waals surface area (Å²) in [4.78, 5) is 39.7. The first kappa shape index (κ1) is 31.6. The van der Waals surface area contributed by atoms with Crippen LogP contribution in [-0.4, -0.2) is 47.7 Å². The number of anilines is 2. The first-order valence-corrected chi connectivity index (χ1v) is 15.4. The van der Waals surface area contributed by atoms with Crippen molar-refractivity contribution < 1.29 is 29.0 Å². The Hall–Kier alpha value is -4.83. The number of likely N-dealkylation sites (tertiary alicyclic amines) is 1. The van der Waals surface area contributed by atoms with Crippen LogP contribution in [0.2, 0.25) is 0 Å². The molecule has 0 aliphatic carbocycles. The van der Waals surface area contributed by atoms with E-state index in [2.05, 4.69) is 38.7 Å². The van der Waals surface area contributed by atoms with E-state index in [0.29, 0.717) is 35.9 Å². The zero-order valence-corrected chi connectivity index (χ0v) is 26.3. The highest BCUT2D eigenvalue weighted by Gasteiger charge is 2.37. The van der Waals surface area contributed by atoms with E-state index < -0.39 is 12.0 Å². The van der Waals surface area contributed by atoms with Gasteiger partial charge in [-0.3, -0.25) is 4.79 Å². The molecule has 0 aromatic heterocycles. The van der Waals surface area contributed by atoms with E-state index >= 15 is 0 Å². The van der Waals surface area contributed by atoms with Crippen LogP contribution in [0.15, 0.2) is 102 Å². The molecule has 0 radical (unpaired) electrons. The molecule has 0 saturated carbocycles. The second kappa shape index (κ2) is 14.8. The summed E-state index contributed by atoms with van der Waals surface area (Å²) in [5.41, 5.74) is 3.16. The van der Waals surface area contributed by atoms with Crippen molar-refractivity contribution in [3.05, 3.63) is 118 Å². The van der Waals surface area contributed by atoms with Crippen LogP contribution in [0.3, 0.4) is 0 Å². The van der Waals surface area contributed by atoms with Gasteiger partial charge >= 0.3 is 12.0 Å². The van der Waals surface area contributed by atoms with Gasteiger partial charge in [-0.1, -0.05) is 48.5 Å². The van der Waals surface area contributed by atoms with Crippen LogP contribution in [-0.2, 0) is 11.2 Å². The van der Waals surface area contributed by atoms with E-state index in [1.54, 1.807) is 30.3 Å². The summed E-state index contributed by atoms with van der Waals surface area (Å²) in [6.45, 7) is 0.387. The van der Waals surface area contributed by atoms with Crippen LogP contribution in [0.5, 0.6) is 11.5 Å². The van der Waals surface area contributed by atoms with E-state index in [1.807, 2.05) is 47.4 Å². The molecule has 9 nitrogen and oxygen atoms in total. The first-order valence-electron chi connectivity index (χ1n) is 14.6. The minimum absolute atomic E-state index is 0.00778. The summed E-state index contributed by atoms with van der Waals surface area (Å²) < 4.78 is 12.2. The summed E-state index contributed by atoms with van der Waals surface area (Å²) >= 11 is 3.42. The number of carbonyl (C=O) groups excluding carboxylic acids is 2. The molecular formula is C35H34BrN3O6. The third-order valence-electron chi connectivity index (χ3n) is 7.79. The molecule has 3 amide bonds. The van der Waals surface area contributed by atoms with Gasteiger partial charge in [0.05, 0.1) is 43.1 Å². The summed E-state index contributed by atoms with van der Waals surface area (Å²) in [5, 5.41) is 14.8. The molecule has 1 fully saturated rings. The largest absolute Gasteiger partial charge is 0.495 e. The van der Waals surface area contributed by atoms with E-state index in [1.165, 1.54) is 19.2 Å². The summed E-state index contributed by atoms with van der Waals surface area (Å²) in [6, 6.07) is 28.5. The number of methoxy groups -OCH3 is 1. The second-order valence-electron chi connectivity index (χ2n) is 10.7. The molecule has 10 heteroatoms. The third kappa shape index (κ3) is 8.02. The maximum absolute atomic E-state index is 13.9. The highest BCUT2D eigenvalue weighted by Crippen LogP contribution is 2.38. The summed E-state index contributed by atoms with van der Waals surface area (Å²) in [7, 11) is 1.52. The highest BCUT2D eigenvalue weighted by atomic mass is 79.9. The number of benzene rings is 4. The fourth-order valence-corrected chi connectivity index (χ4v) is 5.99. The van der Waals surface area contributed by atoms with Crippen LogP contribution >= 0.6 is 15.9 Å². The Kier molecular flexibility index (Phi) is 10.4. The lowest BCUT2D eigenvalue weighted by atomic mass is 10.0. The molecule has 2 atom stereocenters. The molecule has 5 rings (SSSR count). The number of urea groups is 1. The Balaban J connectivity index is 1.27. The number of rotatable bonds is 11. The predicted octanol–water partition coefficient (Wildman–Crippen LogP) is 7.54. The van der Waals surface area contributed by atoms with E-state index in [0.717, 1.165) is 28.4 Å². The normalized spacial score (nSPS) is 15.7. The fourth-order valence-electron chi connectivity index (χ4n) is 5.61. The maximum Gasteiger partial charge on any atom is 0.335 e. The van der Waals surface area contributed by atoms with Gasteiger partial charge in [-0.05, 0) is 88.4 Å². The van der Waals surface area contributed by atoms with Crippen LogP contribution in [0.4, 0.5) is 16.2 Å². The minimum Gasteiger partial charge on any atom is -0.495 e. The van der Waals surface area contributed by atoms with Crippen molar-refractivity contribution in [2.24, 2.45) is 0 Å². The number of carbonyl (C=O) groups is 3. The molecule has 1 aliphatic rings. The number of nitrogens with zero attached hydrogens (tertiary/aromatic N) is 1. The monoisotopic (exact) mass is 671 g/mol. The lowest BCUT2D eigenvalue weighted by Crippen LogP contribution is -2.39. The SMILES string of the molecule is COc1cc(CC(=O)N2[C@H](CCOc3ccc(C(=O)O)cc3)CC[C@@H]2c2ccccc2)ccc1NC(=O)Nc1ccccc1Br. The Morgan fingerprint density at radius 1 is 0.889 bits per heavy atom. The predicted molar refractivity (Wildman–Crippen MR) is 176 cm³/mol. The molecule has 1 aliphatic heterocycles. The van der Waals surface area contributed by atoms with Crippen LogP contribution in [0, 0.1) is 0 Å². The maximum atomic E-state index is 13.9. The number of hydrogen-bond acceptors (Lipinski definition) is 5. The highest BCUT2D eigenvalue weighted by molar-refractivity contribution is 9.10. The molecule has 0 unspecified atom stereocenters. The Morgan fingerprint density at radius 3 is 2.31 bits per heavy atom. The minimum atomic E-state index is -0.987. The van der Waals surface area contributed by atoms with Gasteiger partial charge in [0, 0.05) is 16.9 Å². The number of carboxylic acids is 1.